The van der Waals surface area contributed by atoms with Gasteiger partial charge in [0.25, 0.3) is 0 Å². The van der Waals surface area contributed by atoms with Crippen molar-refractivity contribution >= 4 is 46.8 Å². The van der Waals surface area contributed by atoms with Crippen LogP contribution >= 0.6 is 19.2 Å². The minimum Gasteiger partial charge on any atom is -0.387 e. The molecule has 2 aromatic heterocycles. The quantitative estimate of drug-likeness (QED) is 0.262. The van der Waals surface area contributed by atoms with E-state index in [1.165, 1.54) is 10.9 Å². The lowest BCUT2D eigenvalue weighted by Gasteiger charge is -2.18. The van der Waals surface area contributed by atoms with Crippen molar-refractivity contribution in [2.45, 2.75) is 68.2 Å². The molecule has 0 aromatic carbocycles. The molecule has 0 spiro atoms. The molecule has 1 saturated heterocycles. The van der Waals surface area contributed by atoms with E-state index in [9.17, 15) is 28.8 Å². The molecular formula is C17H25ClN5O7PS. The predicted octanol–water partition coefficient (Wildman–Crippen LogP) is 0.726. The van der Waals surface area contributed by atoms with E-state index in [2.05, 4.69) is 20.4 Å². The Labute approximate surface area is 191 Å². The van der Waals surface area contributed by atoms with E-state index < -0.39 is 47.9 Å². The molecule has 1 aliphatic carbocycles. The first-order chi connectivity index (χ1) is 15.1. The van der Waals surface area contributed by atoms with Crippen LogP contribution in [-0.4, -0.2) is 79.1 Å². The van der Waals surface area contributed by atoms with Gasteiger partial charge in [0.05, 0.1) is 17.3 Å². The molecule has 0 bridgehead atoms. The Morgan fingerprint density at radius 1 is 1.31 bits per heavy atom. The zero-order chi connectivity index (χ0) is 23.2. The lowest BCUT2D eigenvalue weighted by molar-refractivity contribution is -0.0363. The first-order valence-electron chi connectivity index (χ1n) is 10.2. The summed E-state index contributed by atoms with van der Waals surface area (Å²) in [5, 5.41) is 29.1. The molecular weight excluding hydrogens is 485 g/mol. The zero-order valence-electron chi connectivity index (χ0n) is 17.1. The highest BCUT2D eigenvalue weighted by molar-refractivity contribution is 7.93. The van der Waals surface area contributed by atoms with Crippen LogP contribution in [0.15, 0.2) is 6.20 Å². The molecule has 6 atom stereocenters. The number of hydrogen-bond acceptors (Lipinski definition) is 9. The van der Waals surface area contributed by atoms with E-state index in [-0.39, 0.29) is 22.7 Å². The normalized spacial score (nSPS) is 28.9. The van der Waals surface area contributed by atoms with Gasteiger partial charge in [-0.25, -0.2) is 4.68 Å². The summed E-state index contributed by atoms with van der Waals surface area (Å²) >= 11 is 6.11. The Balaban J connectivity index is 1.58. The average Bonchev–Trinajstić information content (AvgIpc) is 3.43. The summed E-state index contributed by atoms with van der Waals surface area (Å²) < 4.78 is 30.7. The van der Waals surface area contributed by atoms with Gasteiger partial charge in [0, 0.05) is 16.8 Å². The van der Waals surface area contributed by atoms with Gasteiger partial charge in [-0.1, -0.05) is 12.8 Å². The van der Waals surface area contributed by atoms with Gasteiger partial charge in [0.1, 0.15) is 29.1 Å². The molecule has 15 heteroatoms. The van der Waals surface area contributed by atoms with Crippen LogP contribution < -0.4 is 5.32 Å². The Hall–Kier alpha value is -1.18. The van der Waals surface area contributed by atoms with Crippen LogP contribution in [0.2, 0.25) is 5.28 Å². The third-order valence-corrected chi connectivity index (χ3v) is 9.95. The van der Waals surface area contributed by atoms with Gasteiger partial charge in [-0.05, 0) is 31.4 Å². The minimum absolute atomic E-state index is 0.0269. The molecule has 4 rings (SSSR count). The Kier molecular flexibility index (Phi) is 6.91. The van der Waals surface area contributed by atoms with Gasteiger partial charge in [0.15, 0.2) is 11.9 Å². The van der Waals surface area contributed by atoms with E-state index in [1.54, 1.807) is 0 Å². The summed E-state index contributed by atoms with van der Waals surface area (Å²) in [6, 6.07) is 0.262. The van der Waals surface area contributed by atoms with Crippen molar-refractivity contribution < 1.29 is 33.5 Å². The van der Waals surface area contributed by atoms with E-state index in [0.29, 0.717) is 11.2 Å². The second-order valence-electron chi connectivity index (χ2n) is 8.08. The van der Waals surface area contributed by atoms with Crippen molar-refractivity contribution in [2.75, 3.05) is 11.1 Å². The second-order valence-corrected chi connectivity index (χ2v) is 12.5. The fourth-order valence-corrected chi connectivity index (χ4v) is 6.51. The van der Waals surface area contributed by atoms with Crippen LogP contribution in [0.5, 0.6) is 0 Å². The van der Waals surface area contributed by atoms with Crippen LogP contribution in [0, 0.1) is 0 Å². The highest BCUT2D eigenvalue weighted by Crippen LogP contribution is 2.43. The number of rotatable bonds is 7. The molecule has 3 heterocycles. The van der Waals surface area contributed by atoms with E-state index >= 15 is 0 Å². The van der Waals surface area contributed by atoms with Crippen molar-refractivity contribution in [3.63, 3.8) is 0 Å². The number of fused-ring (bicyclic) bond motifs is 1. The molecule has 5 N–H and O–H groups in total. The van der Waals surface area contributed by atoms with Crippen molar-refractivity contribution in [1.82, 2.24) is 19.7 Å². The standard InChI is InChI=1S/C17H25ClN5O7PS/c1-8(31(26,27)28)32(29)7-11-12(24)13(25)16(30-11)23-15-10(6-19-23)14(21-17(18)22-15)20-9-4-2-3-5-9/h6,8-9,11-13,16,24-25H,2-5,7H2,1H3,(H,20,21,22)(H2,26,27,28)/t8?,11-,12-,13-,16-,32?/m1/s1. The number of ether oxygens (including phenoxy) is 1. The van der Waals surface area contributed by atoms with Crippen molar-refractivity contribution in [1.29, 1.82) is 0 Å². The molecule has 1 aliphatic heterocycles. The first kappa shape index (κ1) is 24.0. The van der Waals surface area contributed by atoms with Gasteiger partial charge >= 0.3 is 7.60 Å². The number of hydrogen-bond donors (Lipinski definition) is 5. The van der Waals surface area contributed by atoms with Gasteiger partial charge in [0.2, 0.25) is 5.28 Å². The van der Waals surface area contributed by atoms with Crippen LogP contribution in [0.25, 0.3) is 11.0 Å². The summed E-state index contributed by atoms with van der Waals surface area (Å²) in [5.41, 5.74) is 0.284. The summed E-state index contributed by atoms with van der Waals surface area (Å²) in [4.78, 5) is 25.5. The molecule has 0 radical (unpaired) electrons. The third kappa shape index (κ3) is 4.71. The maximum Gasteiger partial charge on any atom is 0.340 e. The Bertz CT molecular complexity index is 1060. The van der Waals surface area contributed by atoms with Crippen molar-refractivity contribution in [3.8, 4) is 0 Å². The maximum atomic E-state index is 12.3. The van der Waals surface area contributed by atoms with Crippen molar-refractivity contribution in [3.05, 3.63) is 11.5 Å². The average molecular weight is 510 g/mol. The molecule has 2 aliphatic rings. The number of nitrogens with one attached hydrogen (secondary N) is 1. The number of nitrogens with zero attached hydrogens (tertiary/aromatic N) is 4. The Morgan fingerprint density at radius 3 is 2.66 bits per heavy atom. The third-order valence-electron chi connectivity index (χ3n) is 5.88. The number of aliphatic hydroxyl groups is 2. The van der Waals surface area contributed by atoms with E-state index in [1.807, 2.05) is 0 Å². The first-order valence-corrected chi connectivity index (χ1v) is 13.6. The molecule has 1 saturated carbocycles. The SMILES string of the molecule is CC(S(=O)C[C@H]1O[C@@H](n2ncc3c(NC4CCCC4)nc(Cl)nc32)[C@H](O)[C@@H]1O)P(=O)(O)O. The van der Waals surface area contributed by atoms with Crippen molar-refractivity contribution in [2.24, 2.45) is 0 Å². The summed E-state index contributed by atoms with van der Waals surface area (Å²) in [7, 11) is -6.59. The van der Waals surface area contributed by atoms with Gasteiger partial charge < -0.3 is 30.1 Å². The van der Waals surface area contributed by atoms with E-state index in [4.69, 9.17) is 16.3 Å². The maximum absolute atomic E-state index is 12.3. The predicted molar refractivity (Wildman–Crippen MR) is 117 cm³/mol. The van der Waals surface area contributed by atoms with E-state index in [0.717, 1.165) is 32.6 Å². The molecule has 178 valence electrons. The number of aliphatic hydroxyl groups excluding tert-OH is 2. The fraction of sp³-hybridized carbons (Fsp3) is 0.706. The number of halogens is 1. The summed E-state index contributed by atoms with van der Waals surface area (Å²) in [6.07, 6.45) is 0.611. The van der Waals surface area contributed by atoms with Gasteiger partial charge in [-0.15, -0.1) is 0 Å². The summed E-state index contributed by atoms with van der Waals surface area (Å²) in [6.45, 7) is 1.16. The number of aromatic nitrogens is 4. The van der Waals surface area contributed by atoms with Gasteiger partial charge in [-0.3, -0.25) is 8.77 Å². The van der Waals surface area contributed by atoms with Crippen LogP contribution in [0.4, 0.5) is 5.82 Å². The lowest BCUT2D eigenvalue weighted by Crippen LogP contribution is -2.35. The zero-order valence-corrected chi connectivity index (χ0v) is 19.6. The van der Waals surface area contributed by atoms with Crippen LogP contribution in [0.1, 0.15) is 38.8 Å². The largest absolute Gasteiger partial charge is 0.387 e. The minimum atomic E-state index is -4.58. The smallest absolute Gasteiger partial charge is 0.340 e. The second kappa shape index (κ2) is 9.22. The fourth-order valence-electron chi connectivity index (χ4n) is 3.98. The topological polar surface area (TPSA) is 180 Å². The lowest BCUT2D eigenvalue weighted by atomic mass is 10.1. The van der Waals surface area contributed by atoms with Crippen LogP contribution in [-0.2, 0) is 20.1 Å². The molecule has 0 amide bonds. The highest BCUT2D eigenvalue weighted by Gasteiger charge is 2.46. The highest BCUT2D eigenvalue weighted by atomic mass is 35.5. The Morgan fingerprint density at radius 2 is 2.00 bits per heavy atom. The molecule has 2 aromatic rings. The molecule has 12 nitrogen and oxygen atoms in total. The van der Waals surface area contributed by atoms with Gasteiger partial charge in [-0.2, -0.15) is 15.1 Å². The molecule has 2 fully saturated rings. The summed E-state index contributed by atoms with van der Waals surface area (Å²) in [5.74, 6) is 0.143. The van der Waals surface area contributed by atoms with Crippen LogP contribution in [0.3, 0.4) is 0 Å². The molecule has 32 heavy (non-hydrogen) atoms. The monoisotopic (exact) mass is 509 g/mol. The number of anilines is 1. The molecule has 2 unspecified atom stereocenters.